The second-order valence-corrected chi connectivity index (χ2v) is 5.68. The van der Waals surface area contributed by atoms with Crippen molar-refractivity contribution in [3.63, 3.8) is 0 Å². The van der Waals surface area contributed by atoms with Crippen molar-refractivity contribution < 1.29 is 4.74 Å². The molecule has 0 fully saturated rings. The summed E-state index contributed by atoms with van der Waals surface area (Å²) in [7, 11) is 0. The van der Waals surface area contributed by atoms with Crippen LogP contribution < -0.4 is 10.1 Å². The highest BCUT2D eigenvalue weighted by molar-refractivity contribution is 5.40. The van der Waals surface area contributed by atoms with Crippen LogP contribution in [0, 0.1) is 6.92 Å². The van der Waals surface area contributed by atoms with Gasteiger partial charge in [-0.05, 0) is 19.4 Å². The molecule has 0 bridgehead atoms. The number of nitrogens with zero attached hydrogens (tertiary/aromatic N) is 2. The van der Waals surface area contributed by atoms with Crippen molar-refractivity contribution in [3.05, 3.63) is 47.8 Å². The predicted octanol–water partition coefficient (Wildman–Crippen LogP) is 3.57. The standard InChI is InChI=1S/C17H23N3O/c1-5-21-16-11-15(19-13(2)20-16)18-12-17(3,4)14-9-7-6-8-10-14/h6-11H,5,12H2,1-4H3,(H,18,19,20). The van der Waals surface area contributed by atoms with Gasteiger partial charge >= 0.3 is 0 Å². The van der Waals surface area contributed by atoms with Gasteiger partial charge in [-0.3, -0.25) is 0 Å². The number of ether oxygens (including phenoxy) is 1. The molecular formula is C17H23N3O. The van der Waals surface area contributed by atoms with Crippen LogP contribution in [0.4, 0.5) is 5.82 Å². The Balaban J connectivity index is 2.09. The smallest absolute Gasteiger partial charge is 0.218 e. The second-order valence-electron chi connectivity index (χ2n) is 5.68. The minimum Gasteiger partial charge on any atom is -0.478 e. The Morgan fingerprint density at radius 3 is 2.52 bits per heavy atom. The maximum Gasteiger partial charge on any atom is 0.218 e. The highest BCUT2D eigenvalue weighted by atomic mass is 16.5. The van der Waals surface area contributed by atoms with Gasteiger partial charge in [0.1, 0.15) is 11.6 Å². The van der Waals surface area contributed by atoms with Crippen molar-refractivity contribution >= 4 is 5.82 Å². The number of hydrogen-bond donors (Lipinski definition) is 1. The number of aryl methyl sites for hydroxylation is 1. The molecule has 1 N–H and O–H groups in total. The summed E-state index contributed by atoms with van der Waals surface area (Å²) in [5.41, 5.74) is 1.32. The highest BCUT2D eigenvalue weighted by Gasteiger charge is 2.20. The number of benzene rings is 1. The third kappa shape index (κ3) is 4.18. The van der Waals surface area contributed by atoms with Gasteiger partial charge in [0.05, 0.1) is 6.61 Å². The molecule has 0 unspecified atom stereocenters. The SMILES string of the molecule is CCOc1cc(NCC(C)(C)c2ccccc2)nc(C)n1. The van der Waals surface area contributed by atoms with Crippen LogP contribution in [0.3, 0.4) is 0 Å². The zero-order chi connectivity index (χ0) is 15.3. The van der Waals surface area contributed by atoms with Crippen LogP contribution in [0.25, 0.3) is 0 Å². The molecule has 112 valence electrons. The van der Waals surface area contributed by atoms with E-state index in [2.05, 4.69) is 53.4 Å². The molecule has 2 aromatic rings. The van der Waals surface area contributed by atoms with Crippen molar-refractivity contribution in [1.82, 2.24) is 9.97 Å². The van der Waals surface area contributed by atoms with E-state index >= 15 is 0 Å². The Labute approximate surface area is 126 Å². The molecule has 0 aliphatic heterocycles. The Morgan fingerprint density at radius 1 is 1.14 bits per heavy atom. The molecule has 0 saturated carbocycles. The molecule has 21 heavy (non-hydrogen) atoms. The molecule has 4 nitrogen and oxygen atoms in total. The maximum atomic E-state index is 5.45. The molecule has 0 aliphatic rings. The van der Waals surface area contributed by atoms with E-state index in [9.17, 15) is 0 Å². The third-order valence-electron chi connectivity index (χ3n) is 3.37. The lowest BCUT2D eigenvalue weighted by Crippen LogP contribution is -2.28. The van der Waals surface area contributed by atoms with E-state index in [4.69, 9.17) is 4.74 Å². The number of nitrogens with one attached hydrogen (secondary N) is 1. The lowest BCUT2D eigenvalue weighted by atomic mass is 9.85. The summed E-state index contributed by atoms with van der Waals surface area (Å²) in [5.74, 6) is 2.13. The molecule has 0 amide bonds. The Morgan fingerprint density at radius 2 is 1.86 bits per heavy atom. The summed E-state index contributed by atoms with van der Waals surface area (Å²) in [6.45, 7) is 9.64. The summed E-state index contributed by atoms with van der Waals surface area (Å²) < 4.78 is 5.45. The van der Waals surface area contributed by atoms with E-state index in [1.54, 1.807) is 0 Å². The second kappa shape index (κ2) is 6.57. The van der Waals surface area contributed by atoms with Crippen LogP contribution >= 0.6 is 0 Å². The molecule has 0 atom stereocenters. The van der Waals surface area contributed by atoms with E-state index in [0.29, 0.717) is 18.3 Å². The van der Waals surface area contributed by atoms with Crippen molar-refractivity contribution in [3.8, 4) is 5.88 Å². The molecule has 1 heterocycles. The largest absolute Gasteiger partial charge is 0.478 e. The molecule has 1 aromatic heterocycles. The molecule has 1 aromatic carbocycles. The zero-order valence-electron chi connectivity index (χ0n) is 13.2. The number of hydrogen-bond acceptors (Lipinski definition) is 4. The van der Waals surface area contributed by atoms with Crippen LogP contribution in [0.1, 0.15) is 32.2 Å². The summed E-state index contributed by atoms with van der Waals surface area (Å²) in [6, 6.07) is 12.3. The van der Waals surface area contributed by atoms with Crippen molar-refractivity contribution in [2.45, 2.75) is 33.1 Å². The van der Waals surface area contributed by atoms with Gasteiger partial charge in [0.15, 0.2) is 0 Å². The van der Waals surface area contributed by atoms with Gasteiger partial charge in [0.25, 0.3) is 0 Å². The van der Waals surface area contributed by atoms with E-state index in [1.165, 1.54) is 5.56 Å². The average Bonchev–Trinajstić information content (AvgIpc) is 2.46. The quantitative estimate of drug-likeness (QED) is 0.881. The normalized spacial score (nSPS) is 11.2. The first-order valence-corrected chi connectivity index (χ1v) is 7.29. The van der Waals surface area contributed by atoms with E-state index < -0.39 is 0 Å². The van der Waals surface area contributed by atoms with E-state index in [1.807, 2.05) is 26.0 Å². The van der Waals surface area contributed by atoms with Gasteiger partial charge < -0.3 is 10.1 Å². The fraction of sp³-hybridized carbons (Fsp3) is 0.412. The lowest BCUT2D eigenvalue weighted by Gasteiger charge is -2.26. The molecule has 4 heteroatoms. The Hall–Kier alpha value is -2.10. The molecule has 0 spiro atoms. The number of rotatable bonds is 6. The van der Waals surface area contributed by atoms with Gasteiger partial charge in [-0.2, -0.15) is 4.98 Å². The highest BCUT2D eigenvalue weighted by Crippen LogP contribution is 2.23. The summed E-state index contributed by atoms with van der Waals surface area (Å²) in [4.78, 5) is 8.66. The van der Waals surface area contributed by atoms with Crippen LogP contribution in [-0.2, 0) is 5.41 Å². The lowest BCUT2D eigenvalue weighted by molar-refractivity contribution is 0.325. The summed E-state index contributed by atoms with van der Waals surface area (Å²) in [6.07, 6.45) is 0. The first-order chi connectivity index (χ1) is 10.0. The zero-order valence-corrected chi connectivity index (χ0v) is 13.2. The topological polar surface area (TPSA) is 47.0 Å². The maximum absolute atomic E-state index is 5.45. The predicted molar refractivity (Wildman–Crippen MR) is 85.9 cm³/mol. The van der Waals surface area contributed by atoms with Gasteiger partial charge in [0, 0.05) is 18.0 Å². The monoisotopic (exact) mass is 285 g/mol. The Kier molecular flexibility index (Phi) is 4.78. The van der Waals surface area contributed by atoms with Crippen molar-refractivity contribution in [1.29, 1.82) is 0 Å². The fourth-order valence-corrected chi connectivity index (χ4v) is 2.16. The van der Waals surface area contributed by atoms with Crippen LogP contribution in [-0.4, -0.2) is 23.1 Å². The van der Waals surface area contributed by atoms with E-state index in [-0.39, 0.29) is 5.41 Å². The minimum atomic E-state index is 0.0197. The number of aromatic nitrogens is 2. The minimum absolute atomic E-state index is 0.0197. The van der Waals surface area contributed by atoms with Crippen molar-refractivity contribution in [2.24, 2.45) is 0 Å². The van der Waals surface area contributed by atoms with Crippen LogP contribution in [0.5, 0.6) is 5.88 Å². The van der Waals surface area contributed by atoms with Gasteiger partial charge in [-0.25, -0.2) is 4.98 Å². The molecule has 0 aliphatic carbocycles. The fourth-order valence-electron chi connectivity index (χ4n) is 2.16. The first kappa shape index (κ1) is 15.3. The third-order valence-corrected chi connectivity index (χ3v) is 3.37. The first-order valence-electron chi connectivity index (χ1n) is 7.29. The van der Waals surface area contributed by atoms with Crippen LogP contribution in [0.15, 0.2) is 36.4 Å². The Bertz CT molecular complexity index is 582. The van der Waals surface area contributed by atoms with Gasteiger partial charge in [0.2, 0.25) is 5.88 Å². The number of anilines is 1. The average molecular weight is 285 g/mol. The van der Waals surface area contributed by atoms with Crippen LogP contribution in [0.2, 0.25) is 0 Å². The molecule has 2 rings (SSSR count). The summed E-state index contributed by atoms with van der Waals surface area (Å²) in [5, 5.41) is 3.39. The van der Waals surface area contributed by atoms with Gasteiger partial charge in [-0.15, -0.1) is 0 Å². The molecular weight excluding hydrogens is 262 g/mol. The van der Waals surface area contributed by atoms with E-state index in [0.717, 1.165) is 12.4 Å². The van der Waals surface area contributed by atoms with Gasteiger partial charge in [-0.1, -0.05) is 44.2 Å². The molecule has 0 saturated heterocycles. The van der Waals surface area contributed by atoms with Crippen molar-refractivity contribution in [2.75, 3.05) is 18.5 Å². The summed E-state index contributed by atoms with van der Waals surface area (Å²) >= 11 is 0. The molecule has 0 radical (unpaired) electrons.